The molecule has 9 heteroatoms. The number of benzene rings is 2. The van der Waals surface area contributed by atoms with Gasteiger partial charge in [-0.05, 0) is 43.0 Å². The van der Waals surface area contributed by atoms with E-state index in [9.17, 15) is 24.6 Å². The Balaban J connectivity index is 1.79. The third kappa shape index (κ3) is 7.53. The van der Waals surface area contributed by atoms with Gasteiger partial charge in [-0.15, -0.1) is 0 Å². The van der Waals surface area contributed by atoms with Gasteiger partial charge in [0, 0.05) is 37.4 Å². The fourth-order valence-electron chi connectivity index (χ4n) is 4.26. The summed E-state index contributed by atoms with van der Waals surface area (Å²) in [5.74, 6) is -2.14. The highest BCUT2D eigenvalue weighted by atomic mass is 35.5. The molecule has 1 saturated heterocycles. The van der Waals surface area contributed by atoms with Gasteiger partial charge in [-0.1, -0.05) is 54.1 Å². The molecule has 36 heavy (non-hydrogen) atoms. The summed E-state index contributed by atoms with van der Waals surface area (Å²) in [4.78, 5) is 40.2. The Hall–Kier alpha value is -2.94. The maximum absolute atomic E-state index is 13.5. The second kappa shape index (κ2) is 12.9. The van der Waals surface area contributed by atoms with E-state index in [0.29, 0.717) is 5.02 Å². The Morgan fingerprint density at radius 2 is 1.75 bits per heavy atom. The van der Waals surface area contributed by atoms with Crippen molar-refractivity contribution in [3.8, 4) is 0 Å². The number of likely N-dealkylation sites (N-methyl/N-ethyl adjacent to an activating group) is 1. The van der Waals surface area contributed by atoms with Crippen molar-refractivity contribution in [3.63, 3.8) is 0 Å². The van der Waals surface area contributed by atoms with Crippen molar-refractivity contribution in [1.29, 1.82) is 0 Å². The Kier molecular flexibility index (Phi) is 9.87. The van der Waals surface area contributed by atoms with E-state index in [1.54, 1.807) is 38.2 Å². The molecule has 0 spiro atoms. The standard InChI is InChI=1S/C27H33ClN2O6/c1-17-26(19-6-4-3-5-7-19)36-25(34)13-12-22(31)23(32)14-20(27(35)30(17)2)15-24(33)29-16-18-8-10-21(28)11-9-18/h3-11,17,20,22-23,26,31-32H,12-16H2,1-2H3,(H,29,33)/t17-,20-,22-,23-,26-/m0/s1. The van der Waals surface area contributed by atoms with Crippen molar-refractivity contribution in [2.45, 2.75) is 63.5 Å². The number of ether oxygens (including phenoxy) is 1. The first kappa shape index (κ1) is 27.6. The number of amides is 2. The number of carbonyl (C=O) groups excluding carboxylic acids is 3. The summed E-state index contributed by atoms with van der Waals surface area (Å²) in [6.45, 7) is 2.04. The van der Waals surface area contributed by atoms with Gasteiger partial charge in [0.2, 0.25) is 11.8 Å². The highest BCUT2D eigenvalue weighted by Gasteiger charge is 2.36. The van der Waals surface area contributed by atoms with Crippen molar-refractivity contribution in [2.75, 3.05) is 7.05 Å². The normalized spacial score (nSPS) is 25.9. The summed E-state index contributed by atoms with van der Waals surface area (Å²) in [5, 5.41) is 24.3. The number of hydrogen-bond acceptors (Lipinski definition) is 6. The fourth-order valence-corrected chi connectivity index (χ4v) is 4.38. The molecular formula is C27H33ClN2O6. The summed E-state index contributed by atoms with van der Waals surface area (Å²) in [6.07, 6.45) is -3.62. The molecule has 1 aliphatic rings. The lowest BCUT2D eigenvalue weighted by Gasteiger charge is -2.35. The third-order valence-corrected chi connectivity index (χ3v) is 6.83. The van der Waals surface area contributed by atoms with E-state index in [2.05, 4.69) is 5.32 Å². The van der Waals surface area contributed by atoms with Crippen molar-refractivity contribution in [2.24, 2.45) is 5.92 Å². The number of esters is 1. The zero-order valence-corrected chi connectivity index (χ0v) is 21.2. The number of aliphatic hydroxyl groups excluding tert-OH is 2. The molecule has 0 radical (unpaired) electrons. The molecule has 0 unspecified atom stereocenters. The van der Waals surface area contributed by atoms with Crippen molar-refractivity contribution >= 4 is 29.4 Å². The number of aliphatic hydroxyl groups is 2. The van der Waals surface area contributed by atoms with E-state index in [1.165, 1.54) is 4.90 Å². The van der Waals surface area contributed by atoms with Gasteiger partial charge >= 0.3 is 5.97 Å². The largest absolute Gasteiger partial charge is 0.455 e. The van der Waals surface area contributed by atoms with Crippen LogP contribution in [0.15, 0.2) is 54.6 Å². The number of carbonyl (C=O) groups is 3. The summed E-state index contributed by atoms with van der Waals surface area (Å²) in [6, 6.07) is 15.6. The quantitative estimate of drug-likeness (QED) is 0.526. The van der Waals surface area contributed by atoms with Gasteiger partial charge in [0.15, 0.2) is 0 Å². The van der Waals surface area contributed by atoms with E-state index in [1.807, 2.05) is 30.3 Å². The lowest BCUT2D eigenvalue weighted by atomic mass is 9.91. The number of rotatable bonds is 5. The van der Waals surface area contributed by atoms with Crippen LogP contribution in [0, 0.1) is 5.92 Å². The number of halogens is 1. The minimum Gasteiger partial charge on any atom is -0.455 e. The van der Waals surface area contributed by atoms with E-state index in [4.69, 9.17) is 16.3 Å². The van der Waals surface area contributed by atoms with Gasteiger partial charge in [-0.25, -0.2) is 0 Å². The van der Waals surface area contributed by atoms with Crippen LogP contribution in [0.4, 0.5) is 0 Å². The van der Waals surface area contributed by atoms with Crippen LogP contribution >= 0.6 is 11.6 Å². The number of nitrogens with zero attached hydrogens (tertiary/aromatic N) is 1. The topological polar surface area (TPSA) is 116 Å². The van der Waals surface area contributed by atoms with Crippen molar-refractivity contribution in [1.82, 2.24) is 10.2 Å². The van der Waals surface area contributed by atoms with Crippen LogP contribution in [0.1, 0.15) is 49.8 Å². The monoisotopic (exact) mass is 516 g/mol. The smallest absolute Gasteiger partial charge is 0.306 e. The second-order valence-electron chi connectivity index (χ2n) is 9.22. The zero-order valence-electron chi connectivity index (χ0n) is 20.5. The number of nitrogens with one attached hydrogen (secondary N) is 1. The average Bonchev–Trinajstić information content (AvgIpc) is 2.88. The Morgan fingerprint density at radius 3 is 2.42 bits per heavy atom. The number of cyclic esters (lactones) is 1. The van der Waals surface area contributed by atoms with Crippen LogP contribution in [0.25, 0.3) is 0 Å². The highest BCUT2D eigenvalue weighted by Crippen LogP contribution is 2.29. The summed E-state index contributed by atoms with van der Waals surface area (Å²) < 4.78 is 5.72. The lowest BCUT2D eigenvalue weighted by molar-refractivity contribution is -0.159. The van der Waals surface area contributed by atoms with Crippen LogP contribution in [-0.2, 0) is 25.7 Å². The van der Waals surface area contributed by atoms with Crippen molar-refractivity contribution < 1.29 is 29.3 Å². The first-order valence-corrected chi connectivity index (χ1v) is 12.4. The van der Waals surface area contributed by atoms with Gasteiger partial charge in [0.25, 0.3) is 0 Å². The predicted molar refractivity (Wildman–Crippen MR) is 135 cm³/mol. The Bertz CT molecular complexity index is 1030. The van der Waals surface area contributed by atoms with Gasteiger partial charge in [0.1, 0.15) is 6.10 Å². The fraction of sp³-hybridized carbons (Fsp3) is 0.444. The van der Waals surface area contributed by atoms with Crippen LogP contribution < -0.4 is 5.32 Å². The molecule has 0 bridgehead atoms. The molecule has 194 valence electrons. The first-order chi connectivity index (χ1) is 17.2. The van der Waals surface area contributed by atoms with Crippen molar-refractivity contribution in [3.05, 3.63) is 70.7 Å². The molecular weight excluding hydrogens is 484 g/mol. The molecule has 2 aromatic rings. The van der Waals surface area contributed by atoms with Gasteiger partial charge < -0.3 is 25.2 Å². The molecule has 0 aromatic heterocycles. The van der Waals surface area contributed by atoms with Gasteiger partial charge in [-0.3, -0.25) is 14.4 Å². The predicted octanol–water partition coefficient (Wildman–Crippen LogP) is 3.00. The SMILES string of the molecule is C[C@H]1[C@@H](c2ccccc2)OC(=O)CC[C@H](O)[C@@H](O)C[C@@H](CC(=O)NCc2ccc(Cl)cc2)C(=O)N1C. The molecule has 2 amide bonds. The lowest BCUT2D eigenvalue weighted by Crippen LogP contribution is -2.46. The molecule has 5 atom stereocenters. The maximum Gasteiger partial charge on any atom is 0.306 e. The molecule has 1 heterocycles. The van der Waals surface area contributed by atoms with E-state index >= 15 is 0 Å². The molecule has 0 aliphatic carbocycles. The zero-order chi connectivity index (χ0) is 26.2. The van der Waals surface area contributed by atoms with Crippen LogP contribution in [0.5, 0.6) is 0 Å². The van der Waals surface area contributed by atoms with Crippen LogP contribution in [0.2, 0.25) is 5.02 Å². The van der Waals surface area contributed by atoms with E-state index in [-0.39, 0.29) is 44.0 Å². The summed E-state index contributed by atoms with van der Waals surface area (Å²) in [5.41, 5.74) is 1.58. The average molecular weight is 517 g/mol. The second-order valence-corrected chi connectivity index (χ2v) is 9.66. The van der Waals surface area contributed by atoms with Crippen LogP contribution in [0.3, 0.4) is 0 Å². The van der Waals surface area contributed by atoms with E-state index < -0.39 is 36.2 Å². The van der Waals surface area contributed by atoms with Gasteiger partial charge in [0.05, 0.1) is 18.2 Å². The van der Waals surface area contributed by atoms with E-state index in [0.717, 1.165) is 11.1 Å². The van der Waals surface area contributed by atoms with Crippen LogP contribution in [-0.4, -0.2) is 58.2 Å². The van der Waals surface area contributed by atoms with Gasteiger partial charge in [-0.2, -0.15) is 0 Å². The Labute approximate surface area is 216 Å². The molecule has 1 fully saturated rings. The first-order valence-electron chi connectivity index (χ1n) is 12.0. The molecule has 3 rings (SSSR count). The molecule has 2 aromatic carbocycles. The number of hydrogen-bond donors (Lipinski definition) is 3. The summed E-state index contributed by atoms with van der Waals surface area (Å²) >= 11 is 5.90. The summed E-state index contributed by atoms with van der Waals surface area (Å²) in [7, 11) is 1.59. The molecule has 8 nitrogen and oxygen atoms in total. The maximum atomic E-state index is 13.5. The third-order valence-electron chi connectivity index (χ3n) is 6.58. The molecule has 3 N–H and O–H groups in total. The molecule has 0 saturated carbocycles. The Morgan fingerprint density at radius 1 is 1.08 bits per heavy atom. The highest BCUT2D eigenvalue weighted by molar-refractivity contribution is 6.30. The molecule has 1 aliphatic heterocycles. The minimum atomic E-state index is -1.27. The minimum absolute atomic E-state index is 0.0184.